The Balaban J connectivity index is 2.01. The predicted molar refractivity (Wildman–Crippen MR) is 109 cm³/mol. The van der Waals surface area contributed by atoms with Crippen molar-refractivity contribution in [2.24, 2.45) is 0 Å². The third-order valence-electron chi connectivity index (χ3n) is 4.35. The van der Waals surface area contributed by atoms with Crippen molar-refractivity contribution in [3.05, 3.63) is 76.2 Å². The van der Waals surface area contributed by atoms with Crippen LogP contribution in [0.15, 0.2) is 59.5 Å². The zero-order valence-corrected chi connectivity index (χ0v) is 16.9. The molecule has 3 aromatic rings. The first-order chi connectivity index (χ1) is 13.2. The first-order valence-corrected chi connectivity index (χ1v) is 10.9. The molecule has 0 amide bonds. The number of carboxylic acid groups (broad SMARTS) is 1. The number of ketones is 1. The fourth-order valence-corrected chi connectivity index (χ4v) is 5.67. The maximum Gasteiger partial charge on any atom is 0.346 e. The highest BCUT2D eigenvalue weighted by Crippen LogP contribution is 2.34. The zero-order chi connectivity index (χ0) is 20.5. The van der Waals surface area contributed by atoms with E-state index < -0.39 is 15.8 Å². The van der Waals surface area contributed by atoms with Gasteiger partial charge in [-0.05, 0) is 42.7 Å². The van der Waals surface area contributed by atoms with Gasteiger partial charge in [-0.25, -0.2) is 13.2 Å². The molecule has 0 aliphatic rings. The lowest BCUT2D eigenvalue weighted by atomic mass is 10.1. The van der Waals surface area contributed by atoms with Gasteiger partial charge in [-0.2, -0.15) is 0 Å². The van der Waals surface area contributed by atoms with Crippen molar-refractivity contribution in [2.75, 3.05) is 0 Å². The number of carboxylic acids is 1. The molecular formula is C21H18O5S2. The summed E-state index contributed by atoms with van der Waals surface area (Å²) in [5.41, 5.74) is 2.17. The van der Waals surface area contributed by atoms with Gasteiger partial charge in [0.1, 0.15) is 4.88 Å². The number of carbonyl (C=O) groups is 2. The van der Waals surface area contributed by atoms with E-state index in [1.807, 2.05) is 0 Å². The first kappa shape index (κ1) is 20.0. The van der Waals surface area contributed by atoms with Crippen LogP contribution in [0.2, 0.25) is 0 Å². The van der Waals surface area contributed by atoms with Crippen molar-refractivity contribution in [1.29, 1.82) is 0 Å². The van der Waals surface area contributed by atoms with Crippen LogP contribution in [0.25, 0.3) is 10.4 Å². The molecule has 0 saturated carbocycles. The summed E-state index contributed by atoms with van der Waals surface area (Å²) in [6.07, 6.45) is 0. The van der Waals surface area contributed by atoms with Gasteiger partial charge >= 0.3 is 5.97 Å². The first-order valence-electron chi connectivity index (χ1n) is 8.45. The van der Waals surface area contributed by atoms with Crippen LogP contribution >= 0.6 is 11.3 Å². The minimum atomic E-state index is -3.69. The molecule has 2 aromatic carbocycles. The van der Waals surface area contributed by atoms with E-state index in [1.165, 1.54) is 13.0 Å². The molecule has 0 fully saturated rings. The highest BCUT2D eigenvalue weighted by Gasteiger charge is 2.24. The number of Topliss-reactive ketones (excluding diaryl/α,β-unsaturated/α-hetero) is 1. The molecule has 0 spiro atoms. The Morgan fingerprint density at radius 3 is 2.25 bits per heavy atom. The van der Waals surface area contributed by atoms with Crippen molar-refractivity contribution in [2.45, 2.75) is 24.5 Å². The standard InChI is InChI=1S/C21H18O5S2/c1-13-5-3-4-6-19(13)28(25,26)12-17-11-18(27-20(17)21(23)24)16-9-7-15(8-10-16)14(2)22/h3-11H,12H2,1-2H3,(H,23,24). The van der Waals surface area contributed by atoms with E-state index in [0.29, 0.717) is 16.0 Å². The van der Waals surface area contributed by atoms with Crippen LogP contribution in [0, 0.1) is 6.92 Å². The molecule has 0 aliphatic heterocycles. The van der Waals surface area contributed by atoms with E-state index in [-0.39, 0.29) is 26.9 Å². The van der Waals surface area contributed by atoms with Gasteiger partial charge in [-0.3, -0.25) is 4.79 Å². The number of carbonyl (C=O) groups excluding carboxylic acids is 1. The smallest absolute Gasteiger partial charge is 0.346 e. The Bertz CT molecular complexity index is 1160. The van der Waals surface area contributed by atoms with Gasteiger partial charge < -0.3 is 5.11 Å². The quantitative estimate of drug-likeness (QED) is 0.596. The SMILES string of the molecule is CC(=O)c1ccc(-c2cc(CS(=O)(=O)c3ccccc3C)c(C(=O)O)s2)cc1. The molecule has 0 bridgehead atoms. The molecule has 1 heterocycles. The summed E-state index contributed by atoms with van der Waals surface area (Å²) < 4.78 is 25.7. The summed E-state index contributed by atoms with van der Waals surface area (Å²) in [4.78, 5) is 23.9. The fourth-order valence-electron chi connectivity index (χ4n) is 2.92. The molecule has 0 saturated heterocycles. The second kappa shape index (κ2) is 7.69. The van der Waals surface area contributed by atoms with E-state index in [2.05, 4.69) is 0 Å². The van der Waals surface area contributed by atoms with Crippen LogP contribution in [0.3, 0.4) is 0 Å². The molecule has 0 atom stereocenters. The molecule has 28 heavy (non-hydrogen) atoms. The Kier molecular flexibility index (Phi) is 5.49. The highest BCUT2D eigenvalue weighted by molar-refractivity contribution is 7.90. The van der Waals surface area contributed by atoms with Gasteiger partial charge in [0, 0.05) is 10.4 Å². The van der Waals surface area contributed by atoms with Crippen molar-refractivity contribution in [3.8, 4) is 10.4 Å². The van der Waals surface area contributed by atoms with E-state index in [0.717, 1.165) is 16.9 Å². The molecule has 3 rings (SSSR count). The summed E-state index contributed by atoms with van der Waals surface area (Å²) in [5.74, 6) is -1.61. The molecule has 7 heteroatoms. The minimum absolute atomic E-state index is 0.00260. The minimum Gasteiger partial charge on any atom is -0.477 e. The number of aryl methyl sites for hydroxylation is 1. The number of hydrogen-bond acceptors (Lipinski definition) is 5. The normalized spacial score (nSPS) is 11.4. The maximum absolute atomic E-state index is 12.8. The van der Waals surface area contributed by atoms with E-state index >= 15 is 0 Å². The van der Waals surface area contributed by atoms with Gasteiger partial charge in [0.05, 0.1) is 10.6 Å². The molecule has 0 radical (unpaired) electrons. The average molecular weight is 415 g/mol. The number of sulfone groups is 1. The van der Waals surface area contributed by atoms with Crippen LogP contribution in [0.4, 0.5) is 0 Å². The third-order valence-corrected chi connectivity index (χ3v) is 7.39. The Hall–Kier alpha value is -2.77. The van der Waals surface area contributed by atoms with Crippen molar-refractivity contribution in [3.63, 3.8) is 0 Å². The van der Waals surface area contributed by atoms with Gasteiger partial charge in [0.15, 0.2) is 15.6 Å². The topological polar surface area (TPSA) is 88.5 Å². The largest absolute Gasteiger partial charge is 0.477 e. The van der Waals surface area contributed by atoms with E-state index in [4.69, 9.17) is 0 Å². The maximum atomic E-state index is 12.8. The summed E-state index contributed by atoms with van der Waals surface area (Å²) in [6, 6.07) is 15.0. The Morgan fingerprint density at radius 1 is 1.04 bits per heavy atom. The number of hydrogen-bond donors (Lipinski definition) is 1. The molecule has 0 unspecified atom stereocenters. The van der Waals surface area contributed by atoms with Crippen molar-refractivity contribution in [1.82, 2.24) is 0 Å². The summed E-state index contributed by atoms with van der Waals surface area (Å²) >= 11 is 1.03. The average Bonchev–Trinajstić information content (AvgIpc) is 3.05. The van der Waals surface area contributed by atoms with Crippen LogP contribution in [-0.4, -0.2) is 25.3 Å². The van der Waals surface area contributed by atoms with Crippen LogP contribution in [0.1, 0.15) is 38.1 Å². The fraction of sp³-hybridized carbons (Fsp3) is 0.143. The molecule has 1 N–H and O–H groups in total. The molecule has 5 nitrogen and oxygen atoms in total. The Labute approximate surface area is 167 Å². The van der Waals surface area contributed by atoms with Crippen molar-refractivity contribution >= 4 is 32.9 Å². The second-order valence-corrected chi connectivity index (χ2v) is 9.44. The van der Waals surface area contributed by atoms with Gasteiger partial charge in [0.25, 0.3) is 0 Å². The third kappa shape index (κ3) is 4.05. The van der Waals surface area contributed by atoms with Crippen LogP contribution in [0.5, 0.6) is 0 Å². The van der Waals surface area contributed by atoms with Crippen molar-refractivity contribution < 1.29 is 23.1 Å². The lowest BCUT2D eigenvalue weighted by Crippen LogP contribution is -2.08. The van der Waals surface area contributed by atoms with Crippen LogP contribution in [-0.2, 0) is 15.6 Å². The van der Waals surface area contributed by atoms with E-state index in [9.17, 15) is 23.1 Å². The van der Waals surface area contributed by atoms with Gasteiger partial charge in [-0.1, -0.05) is 42.5 Å². The molecule has 0 aliphatic carbocycles. The lowest BCUT2D eigenvalue weighted by Gasteiger charge is -2.07. The van der Waals surface area contributed by atoms with Crippen LogP contribution < -0.4 is 0 Å². The van der Waals surface area contributed by atoms with Gasteiger partial charge in [0.2, 0.25) is 0 Å². The van der Waals surface area contributed by atoms with E-state index in [1.54, 1.807) is 55.5 Å². The molecule has 1 aromatic heterocycles. The number of rotatable bonds is 6. The monoisotopic (exact) mass is 414 g/mol. The zero-order valence-electron chi connectivity index (χ0n) is 15.3. The second-order valence-electron chi connectivity index (χ2n) is 6.43. The molecular weight excluding hydrogens is 396 g/mol. The summed E-state index contributed by atoms with van der Waals surface area (Å²) in [6.45, 7) is 3.18. The number of thiophene rings is 1. The number of benzene rings is 2. The summed E-state index contributed by atoms with van der Waals surface area (Å²) in [5, 5.41) is 9.54. The highest BCUT2D eigenvalue weighted by atomic mass is 32.2. The Morgan fingerprint density at radius 2 is 1.68 bits per heavy atom. The van der Waals surface area contributed by atoms with Gasteiger partial charge in [-0.15, -0.1) is 11.3 Å². The number of aromatic carboxylic acids is 1. The lowest BCUT2D eigenvalue weighted by molar-refractivity contribution is 0.0701. The predicted octanol–water partition coefficient (Wildman–Crippen LogP) is 4.60. The molecule has 144 valence electrons. The summed E-state index contributed by atoms with van der Waals surface area (Å²) in [7, 11) is -3.69.